The van der Waals surface area contributed by atoms with E-state index in [1.54, 1.807) is 17.2 Å². The van der Waals surface area contributed by atoms with Crippen LogP contribution in [0.2, 0.25) is 0 Å². The first-order valence-electron chi connectivity index (χ1n) is 9.29. The van der Waals surface area contributed by atoms with Crippen molar-refractivity contribution >= 4 is 17.5 Å². The second-order valence-electron chi connectivity index (χ2n) is 7.56. The second-order valence-corrected chi connectivity index (χ2v) is 7.56. The Labute approximate surface area is 156 Å². The minimum absolute atomic E-state index is 0.0100. The lowest BCUT2D eigenvalue weighted by atomic mass is 9.78. The summed E-state index contributed by atoms with van der Waals surface area (Å²) in [5.41, 5.74) is 0.441. The molecule has 0 unspecified atom stereocenters. The molecule has 27 heavy (non-hydrogen) atoms. The smallest absolute Gasteiger partial charge is 0.277 e. The summed E-state index contributed by atoms with van der Waals surface area (Å²) in [4.78, 5) is 33.2. The number of imidazole rings is 1. The first-order valence-corrected chi connectivity index (χ1v) is 9.29. The van der Waals surface area contributed by atoms with Gasteiger partial charge >= 0.3 is 0 Å². The summed E-state index contributed by atoms with van der Waals surface area (Å²) < 4.78 is 16.0. The Morgan fingerprint density at radius 2 is 2.15 bits per heavy atom. The number of aliphatic hydroxyl groups excluding tert-OH is 1. The van der Waals surface area contributed by atoms with Gasteiger partial charge in [0.05, 0.1) is 12.0 Å². The lowest BCUT2D eigenvalue weighted by Gasteiger charge is -2.39. The van der Waals surface area contributed by atoms with Crippen LogP contribution in [0.25, 0.3) is 5.65 Å². The van der Waals surface area contributed by atoms with Gasteiger partial charge in [-0.05, 0) is 37.8 Å². The number of aryl methyl sites for hydroxylation is 1. The quantitative estimate of drug-likeness (QED) is 0.877. The predicted octanol–water partition coefficient (Wildman–Crippen LogP) is 1.23. The van der Waals surface area contributed by atoms with Gasteiger partial charge < -0.3 is 14.9 Å². The molecule has 2 aliphatic rings. The zero-order valence-electron chi connectivity index (χ0n) is 15.3. The molecule has 1 atom stereocenters. The number of halogens is 1. The van der Waals surface area contributed by atoms with E-state index in [9.17, 15) is 14.0 Å². The summed E-state index contributed by atoms with van der Waals surface area (Å²) in [7, 11) is 0. The molecule has 2 aromatic rings. The van der Waals surface area contributed by atoms with E-state index in [0.29, 0.717) is 38.1 Å². The van der Waals surface area contributed by atoms with Crippen molar-refractivity contribution in [3.05, 3.63) is 35.5 Å². The lowest BCUT2D eigenvalue weighted by molar-refractivity contribution is -0.146. The van der Waals surface area contributed by atoms with E-state index in [1.165, 1.54) is 9.30 Å². The Balaban J connectivity index is 1.58. The van der Waals surface area contributed by atoms with Crippen molar-refractivity contribution in [1.82, 2.24) is 19.2 Å². The fourth-order valence-electron chi connectivity index (χ4n) is 4.32. The normalized spacial score (nSPS) is 23.0. The highest BCUT2D eigenvalue weighted by Gasteiger charge is 2.49. The fourth-order valence-corrected chi connectivity index (χ4v) is 4.32. The van der Waals surface area contributed by atoms with Crippen molar-refractivity contribution in [2.45, 2.75) is 26.2 Å². The number of carbonyl (C=O) groups excluding carboxylic acids is 2. The average Bonchev–Trinajstić information content (AvgIpc) is 3.22. The molecule has 1 spiro atoms. The van der Waals surface area contributed by atoms with Crippen LogP contribution in [0.4, 0.5) is 4.39 Å². The molecule has 0 aromatic carbocycles. The van der Waals surface area contributed by atoms with Crippen molar-refractivity contribution in [1.29, 1.82) is 0 Å². The van der Waals surface area contributed by atoms with Gasteiger partial charge in [-0.1, -0.05) is 6.07 Å². The minimum Gasteiger partial charge on any atom is -0.395 e. The molecule has 2 fully saturated rings. The Hall–Kier alpha value is -2.48. The third-order valence-corrected chi connectivity index (χ3v) is 5.75. The number of hydrogen-bond donors (Lipinski definition) is 1. The molecular weight excluding hydrogens is 351 g/mol. The van der Waals surface area contributed by atoms with E-state index < -0.39 is 17.3 Å². The van der Waals surface area contributed by atoms with Crippen molar-refractivity contribution < 1.29 is 19.1 Å². The van der Waals surface area contributed by atoms with Crippen molar-refractivity contribution in [2.75, 3.05) is 32.8 Å². The van der Waals surface area contributed by atoms with Crippen molar-refractivity contribution in [3.8, 4) is 0 Å². The van der Waals surface area contributed by atoms with Crippen LogP contribution in [0.3, 0.4) is 0 Å². The molecule has 144 valence electrons. The Morgan fingerprint density at radius 3 is 2.93 bits per heavy atom. The van der Waals surface area contributed by atoms with Gasteiger partial charge in [-0.15, -0.1) is 0 Å². The van der Waals surface area contributed by atoms with Gasteiger partial charge in [0.15, 0.2) is 5.69 Å². The zero-order chi connectivity index (χ0) is 19.2. The van der Waals surface area contributed by atoms with Crippen LogP contribution in [-0.4, -0.2) is 68.9 Å². The number of carbonyl (C=O) groups is 2. The summed E-state index contributed by atoms with van der Waals surface area (Å²) in [6.45, 7) is 3.40. The molecule has 2 aliphatic heterocycles. The molecule has 1 N–H and O–H groups in total. The van der Waals surface area contributed by atoms with Crippen LogP contribution in [-0.2, 0) is 4.79 Å². The second kappa shape index (κ2) is 6.60. The lowest BCUT2D eigenvalue weighted by Crippen LogP contribution is -2.51. The number of likely N-dealkylation sites (tertiary alicyclic amines) is 2. The van der Waals surface area contributed by atoms with E-state index in [1.807, 2.05) is 13.0 Å². The SMILES string of the molecule is Cc1ccc2nc(C(=O)N3CC[C@]4(CCCN(CCO)C4=O)C3)c(F)n2c1. The average molecular weight is 374 g/mol. The maximum atomic E-state index is 14.7. The highest BCUT2D eigenvalue weighted by atomic mass is 19.1. The largest absolute Gasteiger partial charge is 0.395 e. The van der Waals surface area contributed by atoms with Crippen LogP contribution in [0, 0.1) is 18.3 Å². The van der Waals surface area contributed by atoms with Crippen molar-refractivity contribution in [3.63, 3.8) is 0 Å². The van der Waals surface area contributed by atoms with Gasteiger partial charge in [0.1, 0.15) is 5.65 Å². The van der Waals surface area contributed by atoms with E-state index in [-0.39, 0.29) is 24.8 Å². The molecule has 2 amide bonds. The number of aromatic nitrogens is 2. The number of aliphatic hydroxyl groups is 1. The maximum Gasteiger partial charge on any atom is 0.277 e. The molecule has 2 aromatic heterocycles. The Morgan fingerprint density at radius 1 is 1.33 bits per heavy atom. The fraction of sp³-hybridized carbons (Fsp3) is 0.526. The van der Waals surface area contributed by atoms with Crippen molar-refractivity contribution in [2.24, 2.45) is 5.41 Å². The van der Waals surface area contributed by atoms with Gasteiger partial charge in [0.2, 0.25) is 11.9 Å². The number of hydrogen-bond acceptors (Lipinski definition) is 4. The van der Waals surface area contributed by atoms with Crippen LogP contribution in [0.1, 0.15) is 35.3 Å². The molecule has 0 bridgehead atoms. The summed E-state index contributed by atoms with van der Waals surface area (Å²) in [5.74, 6) is -1.15. The van der Waals surface area contributed by atoms with Crippen LogP contribution < -0.4 is 0 Å². The van der Waals surface area contributed by atoms with E-state index in [4.69, 9.17) is 5.11 Å². The highest BCUT2D eigenvalue weighted by molar-refractivity contribution is 5.94. The topological polar surface area (TPSA) is 78.2 Å². The van der Waals surface area contributed by atoms with E-state index in [0.717, 1.165) is 12.0 Å². The first kappa shape index (κ1) is 17.9. The first-order chi connectivity index (χ1) is 12.9. The molecule has 8 heteroatoms. The molecule has 7 nitrogen and oxygen atoms in total. The third kappa shape index (κ3) is 2.88. The minimum atomic E-state index is -0.670. The van der Waals surface area contributed by atoms with E-state index >= 15 is 0 Å². The summed E-state index contributed by atoms with van der Waals surface area (Å²) in [6, 6.07) is 3.50. The van der Waals surface area contributed by atoms with Crippen LogP contribution in [0.15, 0.2) is 18.3 Å². The molecule has 4 heterocycles. The van der Waals surface area contributed by atoms with Gasteiger partial charge in [0.25, 0.3) is 5.91 Å². The summed E-state index contributed by atoms with van der Waals surface area (Å²) >= 11 is 0. The number of amides is 2. The predicted molar refractivity (Wildman–Crippen MR) is 95.7 cm³/mol. The summed E-state index contributed by atoms with van der Waals surface area (Å²) in [5, 5.41) is 9.16. The molecule has 0 aliphatic carbocycles. The molecule has 4 rings (SSSR count). The zero-order valence-corrected chi connectivity index (χ0v) is 15.3. The van der Waals surface area contributed by atoms with Gasteiger partial charge in [-0.3, -0.25) is 14.0 Å². The Kier molecular flexibility index (Phi) is 4.38. The van der Waals surface area contributed by atoms with E-state index in [2.05, 4.69) is 4.98 Å². The molecule has 0 radical (unpaired) electrons. The van der Waals surface area contributed by atoms with Gasteiger partial charge in [-0.2, -0.15) is 4.39 Å². The third-order valence-electron chi connectivity index (χ3n) is 5.75. The standard InChI is InChI=1S/C19H23FN4O3/c1-13-3-4-14-21-15(16(20)24(14)11-13)17(26)23-8-6-19(12-23)5-2-7-22(9-10-25)18(19)27/h3-4,11,25H,2,5-10,12H2,1H3/t19-/m1/s1. The monoisotopic (exact) mass is 374 g/mol. The molecule has 2 saturated heterocycles. The molecule has 0 saturated carbocycles. The number of fused-ring (bicyclic) bond motifs is 1. The Bertz CT molecular complexity index is 910. The maximum absolute atomic E-state index is 14.7. The number of β-amino-alcohol motifs (C(OH)–C–C–N with tert-alkyl or cyclic N) is 1. The number of pyridine rings is 1. The van der Waals surface area contributed by atoms with Gasteiger partial charge in [0, 0.05) is 32.4 Å². The number of nitrogens with zero attached hydrogens (tertiary/aromatic N) is 4. The van der Waals surface area contributed by atoms with Crippen LogP contribution >= 0.6 is 0 Å². The number of rotatable bonds is 3. The van der Waals surface area contributed by atoms with Crippen LogP contribution in [0.5, 0.6) is 0 Å². The molecular formula is C19H23FN4O3. The van der Waals surface area contributed by atoms with Gasteiger partial charge in [-0.25, -0.2) is 4.98 Å². The summed E-state index contributed by atoms with van der Waals surface area (Å²) in [6.07, 6.45) is 3.73. The highest BCUT2D eigenvalue weighted by Crippen LogP contribution is 2.40. The number of piperidine rings is 1.